The average Bonchev–Trinajstić information content (AvgIpc) is 3.01. The topological polar surface area (TPSA) is 96.4 Å². The van der Waals surface area contributed by atoms with Gasteiger partial charge in [-0.2, -0.15) is 0 Å². The number of likely N-dealkylation sites (tertiary alicyclic amines) is 1. The molecule has 2 aliphatic heterocycles. The summed E-state index contributed by atoms with van der Waals surface area (Å²) in [6, 6.07) is 3.30. The van der Waals surface area contributed by atoms with E-state index in [0.717, 1.165) is 5.56 Å². The Hall–Kier alpha value is -1.96. The van der Waals surface area contributed by atoms with E-state index in [-0.39, 0.29) is 42.3 Å². The van der Waals surface area contributed by atoms with Gasteiger partial charge in [-0.3, -0.25) is 9.59 Å². The van der Waals surface area contributed by atoms with Crippen LogP contribution < -0.4 is 5.32 Å². The molecule has 1 aromatic heterocycles. The number of aromatic nitrogens is 1. The van der Waals surface area contributed by atoms with E-state index in [2.05, 4.69) is 10.3 Å². The molecule has 0 aromatic carbocycles. The highest BCUT2D eigenvalue weighted by molar-refractivity contribution is 7.91. The maximum absolute atomic E-state index is 12.3. The van der Waals surface area contributed by atoms with Gasteiger partial charge in [-0.25, -0.2) is 13.4 Å². The summed E-state index contributed by atoms with van der Waals surface area (Å²) in [4.78, 5) is 30.1. The van der Waals surface area contributed by atoms with Crippen LogP contribution in [0.15, 0.2) is 18.3 Å². The summed E-state index contributed by atoms with van der Waals surface area (Å²) in [7, 11) is -3.05. The number of carbonyl (C=O) groups excluding carboxylic acids is 2. The third-order valence-corrected chi connectivity index (χ3v) is 6.10. The van der Waals surface area contributed by atoms with Gasteiger partial charge in [0.05, 0.1) is 17.4 Å². The van der Waals surface area contributed by atoms with Gasteiger partial charge in [-0.15, -0.1) is 0 Å². The second kappa shape index (κ2) is 5.92. The minimum atomic E-state index is -3.05. The largest absolute Gasteiger partial charge is 0.338 e. The van der Waals surface area contributed by atoms with Gasteiger partial charge >= 0.3 is 0 Å². The Balaban J connectivity index is 1.64. The van der Waals surface area contributed by atoms with Crippen LogP contribution in [0.5, 0.6) is 0 Å². The molecule has 2 aliphatic rings. The van der Waals surface area contributed by atoms with Crippen molar-refractivity contribution in [3.8, 4) is 0 Å². The maximum atomic E-state index is 12.3. The number of pyridine rings is 1. The van der Waals surface area contributed by atoms with E-state index in [0.29, 0.717) is 12.2 Å². The number of anilines is 1. The molecule has 124 valence electrons. The predicted octanol–water partition coefficient (Wildman–Crippen LogP) is 0.364. The number of nitrogens with zero attached hydrogens (tertiary/aromatic N) is 2. The van der Waals surface area contributed by atoms with Gasteiger partial charge in [0.1, 0.15) is 5.82 Å². The molecule has 2 saturated heterocycles. The van der Waals surface area contributed by atoms with Crippen molar-refractivity contribution in [2.45, 2.75) is 25.8 Å². The number of hydrogen-bond donors (Lipinski definition) is 1. The van der Waals surface area contributed by atoms with E-state index in [1.54, 1.807) is 17.2 Å². The minimum absolute atomic E-state index is 0.00646. The number of sulfone groups is 1. The van der Waals surface area contributed by atoms with Crippen LogP contribution in [0.25, 0.3) is 0 Å². The van der Waals surface area contributed by atoms with Crippen LogP contribution in [0.4, 0.5) is 5.82 Å². The Labute approximate surface area is 135 Å². The molecule has 23 heavy (non-hydrogen) atoms. The van der Waals surface area contributed by atoms with Gasteiger partial charge < -0.3 is 10.2 Å². The van der Waals surface area contributed by atoms with Crippen molar-refractivity contribution < 1.29 is 18.0 Å². The van der Waals surface area contributed by atoms with E-state index in [1.165, 1.54) is 0 Å². The number of amides is 2. The lowest BCUT2D eigenvalue weighted by Crippen LogP contribution is -2.38. The highest BCUT2D eigenvalue weighted by Crippen LogP contribution is 2.26. The molecule has 0 bridgehead atoms. The van der Waals surface area contributed by atoms with Crippen LogP contribution in [0, 0.1) is 12.8 Å². The van der Waals surface area contributed by atoms with Crippen molar-refractivity contribution in [3.63, 3.8) is 0 Å². The Morgan fingerprint density at radius 2 is 2.22 bits per heavy atom. The lowest BCUT2D eigenvalue weighted by Gasteiger charge is -2.22. The van der Waals surface area contributed by atoms with Gasteiger partial charge in [0.2, 0.25) is 11.8 Å². The molecular weight excluding hydrogens is 318 g/mol. The van der Waals surface area contributed by atoms with Gasteiger partial charge in [0.25, 0.3) is 0 Å². The first-order chi connectivity index (χ1) is 10.8. The molecule has 0 unspecified atom stereocenters. The van der Waals surface area contributed by atoms with Crippen LogP contribution in [0.3, 0.4) is 0 Å². The highest BCUT2D eigenvalue weighted by Gasteiger charge is 2.41. The number of carbonyl (C=O) groups is 2. The zero-order valence-electron chi connectivity index (χ0n) is 12.9. The molecule has 0 radical (unpaired) electrons. The molecule has 2 fully saturated rings. The second-order valence-corrected chi connectivity index (χ2v) is 8.44. The molecule has 1 aromatic rings. The number of aryl methyl sites for hydroxylation is 1. The molecule has 1 N–H and O–H groups in total. The first kappa shape index (κ1) is 15.9. The van der Waals surface area contributed by atoms with Gasteiger partial charge in [-0.05, 0) is 31.0 Å². The van der Waals surface area contributed by atoms with E-state index < -0.39 is 15.8 Å². The molecule has 0 spiro atoms. The van der Waals surface area contributed by atoms with Crippen LogP contribution in [-0.4, -0.2) is 54.2 Å². The summed E-state index contributed by atoms with van der Waals surface area (Å²) in [6.07, 6.45) is 2.19. The van der Waals surface area contributed by atoms with Crippen LogP contribution in [-0.2, 0) is 19.4 Å². The summed E-state index contributed by atoms with van der Waals surface area (Å²) < 4.78 is 23.1. The van der Waals surface area contributed by atoms with Crippen molar-refractivity contribution in [1.82, 2.24) is 9.88 Å². The van der Waals surface area contributed by atoms with Crippen molar-refractivity contribution >= 4 is 27.5 Å². The standard InChI is InChI=1S/C15H19N3O4S/c1-10-2-4-16-13(6-10)17-15(20)11-7-14(19)18(8-11)12-3-5-23(21,22)9-12/h2,4,6,11-12H,3,5,7-9H2,1H3,(H,16,17,20)/t11-,12-/m1/s1. The fourth-order valence-corrected chi connectivity index (χ4v) is 4.84. The van der Waals surface area contributed by atoms with Crippen molar-refractivity contribution in [3.05, 3.63) is 23.9 Å². The molecule has 0 aliphatic carbocycles. The van der Waals surface area contributed by atoms with E-state index in [4.69, 9.17) is 0 Å². The van der Waals surface area contributed by atoms with Gasteiger partial charge in [0.15, 0.2) is 9.84 Å². The molecule has 3 heterocycles. The number of hydrogen-bond acceptors (Lipinski definition) is 5. The quantitative estimate of drug-likeness (QED) is 0.859. The molecule has 7 nitrogen and oxygen atoms in total. The minimum Gasteiger partial charge on any atom is -0.338 e. The summed E-state index contributed by atoms with van der Waals surface area (Å²) in [5.74, 6) is -0.278. The molecule has 3 rings (SSSR count). The Morgan fingerprint density at radius 1 is 1.43 bits per heavy atom. The summed E-state index contributed by atoms with van der Waals surface area (Å²) >= 11 is 0. The highest BCUT2D eigenvalue weighted by atomic mass is 32.2. The average molecular weight is 337 g/mol. The van der Waals surface area contributed by atoms with E-state index in [1.807, 2.05) is 13.0 Å². The number of nitrogens with one attached hydrogen (secondary N) is 1. The predicted molar refractivity (Wildman–Crippen MR) is 84.5 cm³/mol. The fourth-order valence-electron chi connectivity index (χ4n) is 3.11. The summed E-state index contributed by atoms with van der Waals surface area (Å²) in [5.41, 5.74) is 0.982. The molecule has 0 saturated carbocycles. The van der Waals surface area contributed by atoms with Crippen LogP contribution >= 0.6 is 0 Å². The molecule has 8 heteroatoms. The Morgan fingerprint density at radius 3 is 2.87 bits per heavy atom. The van der Waals surface area contributed by atoms with Gasteiger partial charge in [-0.1, -0.05) is 0 Å². The van der Waals surface area contributed by atoms with Crippen molar-refractivity contribution in [2.24, 2.45) is 5.92 Å². The zero-order chi connectivity index (χ0) is 16.6. The smallest absolute Gasteiger partial charge is 0.230 e. The van der Waals surface area contributed by atoms with Crippen molar-refractivity contribution in [1.29, 1.82) is 0 Å². The first-order valence-corrected chi connectivity index (χ1v) is 9.39. The third-order valence-electron chi connectivity index (χ3n) is 4.35. The first-order valence-electron chi connectivity index (χ1n) is 7.57. The monoisotopic (exact) mass is 337 g/mol. The number of rotatable bonds is 3. The van der Waals surface area contributed by atoms with Crippen LogP contribution in [0.1, 0.15) is 18.4 Å². The van der Waals surface area contributed by atoms with Crippen LogP contribution in [0.2, 0.25) is 0 Å². The van der Waals surface area contributed by atoms with E-state index >= 15 is 0 Å². The second-order valence-electron chi connectivity index (χ2n) is 6.21. The Kier molecular flexibility index (Phi) is 4.09. The third kappa shape index (κ3) is 3.52. The molecular formula is C15H19N3O4S. The van der Waals surface area contributed by atoms with Crippen molar-refractivity contribution in [2.75, 3.05) is 23.4 Å². The lowest BCUT2D eigenvalue weighted by molar-refractivity contribution is -0.129. The molecule has 2 amide bonds. The summed E-state index contributed by atoms with van der Waals surface area (Å²) in [6.45, 7) is 2.18. The van der Waals surface area contributed by atoms with Gasteiger partial charge in [0, 0.05) is 25.2 Å². The normalized spacial score (nSPS) is 26.5. The zero-order valence-corrected chi connectivity index (χ0v) is 13.7. The fraction of sp³-hybridized carbons (Fsp3) is 0.533. The Bertz CT molecular complexity index is 747. The molecule has 2 atom stereocenters. The SMILES string of the molecule is Cc1ccnc(NC(=O)[C@@H]2CC(=O)N([C@@H]3CCS(=O)(=O)C3)C2)c1. The maximum Gasteiger partial charge on any atom is 0.230 e. The lowest BCUT2D eigenvalue weighted by atomic mass is 10.1. The summed E-state index contributed by atoms with van der Waals surface area (Å²) in [5, 5.41) is 2.73. The van der Waals surface area contributed by atoms with E-state index in [9.17, 15) is 18.0 Å².